The van der Waals surface area contributed by atoms with Gasteiger partial charge in [-0.3, -0.25) is 4.79 Å². The van der Waals surface area contributed by atoms with Gasteiger partial charge >= 0.3 is 6.09 Å². The van der Waals surface area contributed by atoms with Gasteiger partial charge in [-0.05, 0) is 36.2 Å². The predicted molar refractivity (Wildman–Crippen MR) is 90.6 cm³/mol. The Bertz CT molecular complexity index is 747. The molecule has 1 unspecified atom stereocenters. The number of halogens is 1. The molecule has 1 aliphatic rings. The number of hydrogen-bond acceptors (Lipinski definition) is 3. The van der Waals surface area contributed by atoms with E-state index in [1.807, 2.05) is 24.3 Å². The summed E-state index contributed by atoms with van der Waals surface area (Å²) in [5.74, 6) is -0.110. The molecular weight excluding hydrogens is 330 g/mol. The van der Waals surface area contributed by atoms with Crippen LogP contribution in [0.5, 0.6) is 0 Å². The van der Waals surface area contributed by atoms with E-state index in [0.717, 1.165) is 12.0 Å². The number of likely N-dealkylation sites (tertiary alicyclic amines) is 1. The van der Waals surface area contributed by atoms with Crippen molar-refractivity contribution in [3.8, 4) is 0 Å². The number of rotatable bonds is 3. The zero-order valence-corrected chi connectivity index (χ0v) is 13.5. The van der Waals surface area contributed by atoms with Crippen molar-refractivity contribution in [1.82, 2.24) is 9.88 Å². The number of carbonyl (C=O) groups is 2. The first-order valence-electron chi connectivity index (χ1n) is 7.53. The van der Waals surface area contributed by atoms with Gasteiger partial charge in [-0.1, -0.05) is 23.7 Å². The first-order chi connectivity index (χ1) is 11.5. The molecule has 2 amide bonds. The molecule has 6 nitrogen and oxygen atoms in total. The lowest BCUT2D eigenvalue weighted by molar-refractivity contribution is 0.102. The number of pyridine rings is 1. The Morgan fingerprint density at radius 3 is 2.54 bits per heavy atom. The minimum Gasteiger partial charge on any atom is -0.465 e. The molecule has 124 valence electrons. The summed E-state index contributed by atoms with van der Waals surface area (Å²) in [6, 6.07) is 10.6. The summed E-state index contributed by atoms with van der Waals surface area (Å²) >= 11 is 5.75. The summed E-state index contributed by atoms with van der Waals surface area (Å²) in [4.78, 5) is 28.5. The third kappa shape index (κ3) is 3.65. The summed E-state index contributed by atoms with van der Waals surface area (Å²) in [5.41, 5.74) is 2.02. The van der Waals surface area contributed by atoms with Crippen LogP contribution in [-0.4, -0.2) is 40.1 Å². The smallest absolute Gasteiger partial charge is 0.407 e. The van der Waals surface area contributed by atoms with Crippen LogP contribution in [0.1, 0.15) is 28.4 Å². The molecule has 0 aliphatic carbocycles. The Morgan fingerprint density at radius 2 is 1.96 bits per heavy atom. The number of anilines is 1. The molecule has 1 saturated heterocycles. The van der Waals surface area contributed by atoms with Gasteiger partial charge in [-0.2, -0.15) is 0 Å². The molecule has 2 N–H and O–H groups in total. The molecule has 24 heavy (non-hydrogen) atoms. The van der Waals surface area contributed by atoms with E-state index < -0.39 is 6.09 Å². The van der Waals surface area contributed by atoms with E-state index in [1.54, 1.807) is 12.1 Å². The number of hydrogen-bond donors (Lipinski definition) is 2. The fourth-order valence-electron chi connectivity index (χ4n) is 2.75. The number of nitrogens with one attached hydrogen (secondary N) is 1. The van der Waals surface area contributed by atoms with E-state index in [2.05, 4.69) is 10.3 Å². The van der Waals surface area contributed by atoms with Gasteiger partial charge in [0.05, 0.1) is 5.02 Å². The number of aromatic nitrogens is 1. The molecule has 1 fully saturated rings. The Morgan fingerprint density at radius 1 is 1.21 bits per heavy atom. The quantitative estimate of drug-likeness (QED) is 0.892. The zero-order valence-electron chi connectivity index (χ0n) is 12.8. The topological polar surface area (TPSA) is 82.5 Å². The van der Waals surface area contributed by atoms with Gasteiger partial charge in [-0.25, -0.2) is 9.78 Å². The maximum absolute atomic E-state index is 12.1. The largest absolute Gasteiger partial charge is 0.465 e. The second kappa shape index (κ2) is 6.88. The van der Waals surface area contributed by atoms with Crippen LogP contribution in [0.15, 0.2) is 42.6 Å². The maximum atomic E-state index is 12.1. The average Bonchev–Trinajstić information content (AvgIpc) is 3.06. The van der Waals surface area contributed by atoms with Crippen LogP contribution in [0, 0.1) is 0 Å². The maximum Gasteiger partial charge on any atom is 0.407 e. The van der Waals surface area contributed by atoms with Crippen molar-refractivity contribution < 1.29 is 14.7 Å². The van der Waals surface area contributed by atoms with Gasteiger partial charge in [0.1, 0.15) is 5.69 Å². The van der Waals surface area contributed by atoms with Crippen LogP contribution in [0.4, 0.5) is 10.5 Å². The highest BCUT2D eigenvalue weighted by Crippen LogP contribution is 2.28. The van der Waals surface area contributed by atoms with E-state index in [4.69, 9.17) is 16.7 Å². The lowest BCUT2D eigenvalue weighted by Gasteiger charge is -2.13. The van der Waals surface area contributed by atoms with Gasteiger partial charge in [0.15, 0.2) is 0 Å². The molecule has 1 aromatic carbocycles. The van der Waals surface area contributed by atoms with Crippen LogP contribution in [-0.2, 0) is 0 Å². The lowest BCUT2D eigenvalue weighted by atomic mass is 9.98. The van der Waals surface area contributed by atoms with E-state index >= 15 is 0 Å². The molecule has 7 heteroatoms. The first-order valence-corrected chi connectivity index (χ1v) is 7.91. The predicted octanol–water partition coefficient (Wildman–Crippen LogP) is 3.45. The average molecular weight is 346 g/mol. The monoisotopic (exact) mass is 345 g/mol. The van der Waals surface area contributed by atoms with Gasteiger partial charge in [0.2, 0.25) is 0 Å². The number of nitrogens with zero attached hydrogens (tertiary/aromatic N) is 2. The standard InChI is InChI=1S/C17H16ClN3O3/c18-13-3-6-15(19-9-13)16(22)20-14-4-1-11(2-5-14)12-7-8-21(10-12)17(23)24/h1-6,9,12H,7-8,10H2,(H,20,22)(H,23,24). The third-order valence-corrected chi connectivity index (χ3v) is 4.28. The SMILES string of the molecule is O=C(Nc1ccc(C2CCN(C(=O)O)C2)cc1)c1ccc(Cl)cn1. The van der Waals surface area contributed by atoms with Crippen LogP contribution < -0.4 is 5.32 Å². The lowest BCUT2D eigenvalue weighted by Crippen LogP contribution is -2.26. The van der Waals surface area contributed by atoms with Crippen LogP contribution in [0.3, 0.4) is 0 Å². The van der Waals surface area contributed by atoms with E-state index in [1.165, 1.54) is 11.1 Å². The molecule has 3 rings (SSSR count). The van der Waals surface area contributed by atoms with Crippen molar-refractivity contribution in [3.63, 3.8) is 0 Å². The molecule has 0 saturated carbocycles. The molecule has 1 atom stereocenters. The summed E-state index contributed by atoms with van der Waals surface area (Å²) in [6.07, 6.45) is 1.36. The Balaban J connectivity index is 1.63. The van der Waals surface area contributed by atoms with Gasteiger partial charge in [-0.15, -0.1) is 0 Å². The minimum atomic E-state index is -0.878. The fourth-order valence-corrected chi connectivity index (χ4v) is 2.86. The molecule has 0 spiro atoms. The highest BCUT2D eigenvalue weighted by atomic mass is 35.5. The summed E-state index contributed by atoms with van der Waals surface area (Å²) in [6.45, 7) is 1.07. The molecule has 1 aliphatic heterocycles. The van der Waals surface area contributed by atoms with E-state index in [-0.39, 0.29) is 17.5 Å². The number of amides is 2. The molecular formula is C17H16ClN3O3. The Kier molecular flexibility index (Phi) is 4.66. The van der Waals surface area contributed by atoms with Gasteiger partial charge < -0.3 is 15.3 Å². The van der Waals surface area contributed by atoms with Gasteiger partial charge in [0, 0.05) is 30.9 Å². The molecule has 2 heterocycles. The fraction of sp³-hybridized carbons (Fsp3) is 0.235. The van der Waals surface area contributed by atoms with E-state index in [0.29, 0.717) is 23.8 Å². The number of carboxylic acid groups (broad SMARTS) is 1. The van der Waals surface area contributed by atoms with Crippen molar-refractivity contribution in [2.75, 3.05) is 18.4 Å². The van der Waals surface area contributed by atoms with Crippen LogP contribution in [0.25, 0.3) is 0 Å². The van der Waals surface area contributed by atoms with Crippen molar-refractivity contribution in [3.05, 3.63) is 58.9 Å². The highest BCUT2D eigenvalue weighted by Gasteiger charge is 2.26. The summed E-state index contributed by atoms with van der Waals surface area (Å²) < 4.78 is 0. The van der Waals surface area contributed by atoms with E-state index in [9.17, 15) is 9.59 Å². The minimum absolute atomic E-state index is 0.198. The molecule has 2 aromatic rings. The van der Waals surface area contributed by atoms with Crippen molar-refractivity contribution in [1.29, 1.82) is 0 Å². The van der Waals surface area contributed by atoms with Crippen molar-refractivity contribution in [2.24, 2.45) is 0 Å². The Hall–Kier alpha value is -2.60. The first kappa shape index (κ1) is 16.3. The van der Waals surface area contributed by atoms with Gasteiger partial charge in [0.25, 0.3) is 5.91 Å². The Labute approximate surface area is 144 Å². The number of benzene rings is 1. The molecule has 1 aromatic heterocycles. The van der Waals surface area contributed by atoms with Crippen LogP contribution >= 0.6 is 11.6 Å². The van der Waals surface area contributed by atoms with Crippen molar-refractivity contribution in [2.45, 2.75) is 12.3 Å². The molecule has 0 radical (unpaired) electrons. The summed E-state index contributed by atoms with van der Waals surface area (Å²) in [5, 5.41) is 12.3. The van der Waals surface area contributed by atoms with Crippen LogP contribution in [0.2, 0.25) is 5.02 Å². The summed E-state index contributed by atoms with van der Waals surface area (Å²) in [7, 11) is 0. The highest BCUT2D eigenvalue weighted by molar-refractivity contribution is 6.30. The second-order valence-corrected chi connectivity index (χ2v) is 6.09. The zero-order chi connectivity index (χ0) is 17.1. The normalized spacial score (nSPS) is 16.9. The van der Waals surface area contributed by atoms with Crippen molar-refractivity contribution >= 4 is 29.3 Å². The number of carbonyl (C=O) groups excluding carboxylic acids is 1. The second-order valence-electron chi connectivity index (χ2n) is 5.65. The third-order valence-electron chi connectivity index (χ3n) is 4.06. The molecule has 0 bridgehead atoms.